The highest BCUT2D eigenvalue weighted by atomic mass is 32.1. The molecule has 0 saturated heterocycles. The van der Waals surface area contributed by atoms with E-state index in [1.165, 1.54) is 16.0 Å². The second-order valence-electron chi connectivity index (χ2n) is 4.43. The van der Waals surface area contributed by atoms with Crippen LogP contribution in [0.4, 0.5) is 0 Å². The zero-order chi connectivity index (χ0) is 13.7. The van der Waals surface area contributed by atoms with Crippen LogP contribution in [0.2, 0.25) is 0 Å². The van der Waals surface area contributed by atoms with Gasteiger partial charge in [-0.25, -0.2) is 0 Å². The van der Waals surface area contributed by atoms with E-state index in [9.17, 15) is 0 Å². The van der Waals surface area contributed by atoms with Gasteiger partial charge >= 0.3 is 0 Å². The summed E-state index contributed by atoms with van der Waals surface area (Å²) in [5.74, 6) is 0.904. The molecule has 1 aromatic heterocycles. The van der Waals surface area contributed by atoms with Crippen molar-refractivity contribution in [3.63, 3.8) is 0 Å². The monoisotopic (exact) mass is 275 g/mol. The molecule has 0 fully saturated rings. The van der Waals surface area contributed by atoms with Crippen LogP contribution < -0.4 is 10.1 Å². The van der Waals surface area contributed by atoms with E-state index in [1.54, 1.807) is 7.11 Å². The molecule has 1 aromatic carbocycles. The molecule has 1 atom stereocenters. The molecule has 0 saturated carbocycles. The van der Waals surface area contributed by atoms with Gasteiger partial charge in [-0.2, -0.15) is 0 Å². The zero-order valence-corrected chi connectivity index (χ0v) is 12.6. The van der Waals surface area contributed by atoms with Gasteiger partial charge in [-0.05, 0) is 47.7 Å². The van der Waals surface area contributed by atoms with Crippen LogP contribution in [0.25, 0.3) is 0 Å². The Morgan fingerprint density at radius 1 is 1.16 bits per heavy atom. The molecule has 19 heavy (non-hydrogen) atoms. The third-order valence-electron chi connectivity index (χ3n) is 3.28. The number of aryl methyl sites for hydroxylation is 1. The second-order valence-corrected chi connectivity index (χ2v) is 5.38. The summed E-state index contributed by atoms with van der Waals surface area (Å²) in [6, 6.07) is 10.9. The molecule has 102 valence electrons. The van der Waals surface area contributed by atoms with Crippen LogP contribution in [0.1, 0.15) is 35.9 Å². The van der Waals surface area contributed by atoms with E-state index in [4.69, 9.17) is 4.74 Å². The fourth-order valence-electron chi connectivity index (χ4n) is 2.26. The number of thiophene rings is 1. The van der Waals surface area contributed by atoms with Gasteiger partial charge in [-0.15, -0.1) is 11.3 Å². The first-order valence-electron chi connectivity index (χ1n) is 6.73. The summed E-state index contributed by atoms with van der Waals surface area (Å²) in [5, 5.41) is 5.77. The van der Waals surface area contributed by atoms with Gasteiger partial charge in [0.2, 0.25) is 0 Å². The predicted octanol–water partition coefficient (Wildman–Crippen LogP) is 4.02. The summed E-state index contributed by atoms with van der Waals surface area (Å²) in [5.41, 5.74) is 2.73. The summed E-state index contributed by atoms with van der Waals surface area (Å²) in [4.78, 5) is 1.43. The van der Waals surface area contributed by atoms with Crippen LogP contribution in [0.3, 0.4) is 0 Å². The molecule has 0 aliphatic carbocycles. The Hall–Kier alpha value is -1.32. The summed E-state index contributed by atoms with van der Waals surface area (Å²) < 4.78 is 5.23. The third kappa shape index (κ3) is 3.17. The van der Waals surface area contributed by atoms with E-state index in [1.807, 2.05) is 23.5 Å². The molecule has 2 aromatic rings. The van der Waals surface area contributed by atoms with Crippen LogP contribution in [-0.4, -0.2) is 13.7 Å². The normalized spacial score (nSPS) is 12.4. The number of nitrogens with one attached hydrogen (secondary N) is 1. The first-order chi connectivity index (χ1) is 9.30. The molecule has 0 spiro atoms. The molecule has 2 rings (SSSR count). The third-order valence-corrected chi connectivity index (χ3v) is 4.31. The minimum Gasteiger partial charge on any atom is -0.497 e. The highest BCUT2D eigenvalue weighted by molar-refractivity contribution is 7.10. The van der Waals surface area contributed by atoms with Crippen LogP contribution in [0, 0.1) is 0 Å². The van der Waals surface area contributed by atoms with Crippen molar-refractivity contribution in [1.82, 2.24) is 5.32 Å². The summed E-state index contributed by atoms with van der Waals surface area (Å²) in [7, 11) is 1.70. The molecular formula is C16H21NOS. The lowest BCUT2D eigenvalue weighted by molar-refractivity contribution is 0.414. The summed E-state index contributed by atoms with van der Waals surface area (Å²) >= 11 is 1.83. The van der Waals surface area contributed by atoms with E-state index in [0.29, 0.717) is 0 Å². The summed E-state index contributed by atoms with van der Waals surface area (Å²) in [6.07, 6.45) is 1.08. The van der Waals surface area contributed by atoms with Gasteiger partial charge in [-0.1, -0.05) is 26.0 Å². The predicted molar refractivity (Wildman–Crippen MR) is 82.2 cm³/mol. The van der Waals surface area contributed by atoms with Gasteiger partial charge in [0.15, 0.2) is 0 Å². The first kappa shape index (κ1) is 14.1. The summed E-state index contributed by atoms with van der Waals surface area (Å²) in [6.45, 7) is 5.32. The maximum absolute atomic E-state index is 5.23. The molecule has 1 N–H and O–H groups in total. The van der Waals surface area contributed by atoms with Crippen LogP contribution in [-0.2, 0) is 6.42 Å². The smallest absolute Gasteiger partial charge is 0.118 e. The van der Waals surface area contributed by atoms with Crippen LogP contribution in [0.15, 0.2) is 35.7 Å². The molecule has 0 aliphatic rings. The molecule has 2 nitrogen and oxygen atoms in total. The largest absolute Gasteiger partial charge is 0.497 e. The van der Waals surface area contributed by atoms with Gasteiger partial charge in [0.1, 0.15) is 5.75 Å². The highest BCUT2D eigenvalue weighted by Crippen LogP contribution is 2.31. The van der Waals surface area contributed by atoms with Gasteiger partial charge < -0.3 is 10.1 Å². The molecule has 0 amide bonds. The lowest BCUT2D eigenvalue weighted by Crippen LogP contribution is -2.21. The number of hydrogen-bond acceptors (Lipinski definition) is 3. The number of benzene rings is 1. The molecule has 1 unspecified atom stereocenters. The van der Waals surface area contributed by atoms with E-state index >= 15 is 0 Å². The Balaban J connectivity index is 2.33. The average Bonchev–Trinajstić information content (AvgIpc) is 2.93. The number of hydrogen-bond donors (Lipinski definition) is 1. The standard InChI is InChI=1S/C16H21NOS/c1-4-12-10-11-19-16(12)15(17-5-2)13-6-8-14(18-3)9-7-13/h6-11,15,17H,4-5H2,1-3H3. The minimum atomic E-state index is 0.283. The Morgan fingerprint density at radius 2 is 1.89 bits per heavy atom. The lowest BCUT2D eigenvalue weighted by Gasteiger charge is -2.19. The van der Waals surface area contributed by atoms with Crippen molar-refractivity contribution >= 4 is 11.3 Å². The Morgan fingerprint density at radius 3 is 2.47 bits per heavy atom. The average molecular weight is 275 g/mol. The molecule has 3 heteroatoms. The van der Waals surface area contributed by atoms with Gasteiger partial charge in [0.25, 0.3) is 0 Å². The maximum atomic E-state index is 5.23. The highest BCUT2D eigenvalue weighted by Gasteiger charge is 2.17. The van der Waals surface area contributed by atoms with Crippen molar-refractivity contribution in [2.75, 3.05) is 13.7 Å². The molecular weight excluding hydrogens is 254 g/mol. The minimum absolute atomic E-state index is 0.283. The molecule has 1 heterocycles. The van der Waals surface area contributed by atoms with Crippen molar-refractivity contribution in [3.8, 4) is 5.75 Å². The number of ether oxygens (including phenoxy) is 1. The Bertz CT molecular complexity index is 504. The number of rotatable bonds is 6. The molecule has 0 bridgehead atoms. The topological polar surface area (TPSA) is 21.3 Å². The molecule has 0 aliphatic heterocycles. The van der Waals surface area contributed by atoms with Crippen molar-refractivity contribution in [2.24, 2.45) is 0 Å². The van der Waals surface area contributed by atoms with E-state index in [0.717, 1.165) is 18.7 Å². The van der Waals surface area contributed by atoms with Gasteiger partial charge in [0.05, 0.1) is 13.2 Å². The first-order valence-corrected chi connectivity index (χ1v) is 7.61. The van der Waals surface area contributed by atoms with E-state index in [2.05, 4.69) is 42.7 Å². The zero-order valence-electron chi connectivity index (χ0n) is 11.8. The SMILES string of the molecule is CCNC(c1ccc(OC)cc1)c1sccc1CC. The quantitative estimate of drug-likeness (QED) is 0.860. The van der Waals surface area contributed by atoms with E-state index < -0.39 is 0 Å². The fourth-order valence-corrected chi connectivity index (χ4v) is 3.35. The van der Waals surface area contributed by atoms with Gasteiger partial charge in [-0.3, -0.25) is 0 Å². The fraction of sp³-hybridized carbons (Fsp3) is 0.375. The maximum Gasteiger partial charge on any atom is 0.118 e. The van der Waals surface area contributed by atoms with Crippen LogP contribution >= 0.6 is 11.3 Å². The Kier molecular flexibility index (Phi) is 5.00. The van der Waals surface area contributed by atoms with Crippen molar-refractivity contribution in [3.05, 3.63) is 51.7 Å². The molecule has 0 radical (unpaired) electrons. The Labute approximate surface area is 119 Å². The van der Waals surface area contributed by atoms with E-state index in [-0.39, 0.29) is 6.04 Å². The second kappa shape index (κ2) is 6.73. The number of methoxy groups -OCH3 is 1. The van der Waals surface area contributed by atoms with Crippen molar-refractivity contribution < 1.29 is 4.74 Å². The van der Waals surface area contributed by atoms with Gasteiger partial charge in [0, 0.05) is 4.88 Å². The van der Waals surface area contributed by atoms with Crippen molar-refractivity contribution in [1.29, 1.82) is 0 Å². The lowest BCUT2D eigenvalue weighted by atomic mass is 10.0. The van der Waals surface area contributed by atoms with Crippen molar-refractivity contribution in [2.45, 2.75) is 26.3 Å². The van der Waals surface area contributed by atoms with Crippen LogP contribution in [0.5, 0.6) is 5.75 Å².